The molecule has 0 spiro atoms. The summed E-state index contributed by atoms with van der Waals surface area (Å²) in [5.74, 6) is 0.0156. The van der Waals surface area contributed by atoms with Crippen molar-refractivity contribution in [1.29, 1.82) is 0 Å². The topological polar surface area (TPSA) is 58.4 Å². The molecule has 0 aliphatic heterocycles. The smallest absolute Gasteiger partial charge is 0.242 e. The van der Waals surface area contributed by atoms with E-state index in [1.807, 2.05) is 63.9 Å². The van der Waals surface area contributed by atoms with Crippen LogP contribution in [-0.4, -0.2) is 24.5 Å². The highest BCUT2D eigenvalue weighted by Crippen LogP contribution is 2.20. The lowest BCUT2D eigenvalue weighted by Crippen LogP contribution is -2.50. The van der Waals surface area contributed by atoms with Crippen LogP contribution in [0.2, 0.25) is 0 Å². The van der Waals surface area contributed by atoms with E-state index in [1.165, 1.54) is 0 Å². The van der Waals surface area contributed by atoms with E-state index < -0.39 is 0 Å². The van der Waals surface area contributed by atoms with Gasteiger partial charge in [-0.15, -0.1) is 0 Å². The van der Waals surface area contributed by atoms with Crippen molar-refractivity contribution in [2.24, 2.45) is 5.73 Å². The first-order valence-corrected chi connectivity index (χ1v) is 6.59. The Morgan fingerprint density at radius 2 is 1.95 bits per heavy atom. The number of carbonyl (C=O) groups excluding carboxylic acids is 1. The molecule has 4 nitrogen and oxygen atoms in total. The van der Waals surface area contributed by atoms with Crippen LogP contribution in [-0.2, 0) is 11.3 Å². The molecule has 0 heterocycles. The van der Waals surface area contributed by atoms with Crippen molar-refractivity contribution >= 4 is 11.6 Å². The average Bonchev–Trinajstić information content (AvgIpc) is 2.34. The molecule has 0 bridgehead atoms. The van der Waals surface area contributed by atoms with E-state index in [0.29, 0.717) is 6.54 Å². The van der Waals surface area contributed by atoms with Crippen molar-refractivity contribution in [3.05, 3.63) is 29.8 Å². The SMILES string of the molecule is CC(C(=O)NC(C)(C)C)N(C)c1ccccc1CN. The molecule has 0 fully saturated rings. The molecule has 0 radical (unpaired) electrons. The maximum Gasteiger partial charge on any atom is 0.242 e. The number of para-hydroxylation sites is 1. The number of benzene rings is 1. The Bertz CT molecular complexity index is 437. The van der Waals surface area contributed by atoms with Gasteiger partial charge in [-0.1, -0.05) is 18.2 Å². The number of hydrogen-bond acceptors (Lipinski definition) is 3. The zero-order valence-electron chi connectivity index (χ0n) is 12.5. The van der Waals surface area contributed by atoms with Gasteiger partial charge in [0.1, 0.15) is 6.04 Å². The minimum atomic E-state index is -0.244. The van der Waals surface area contributed by atoms with Crippen LogP contribution >= 0.6 is 0 Å². The molecule has 0 saturated carbocycles. The fourth-order valence-corrected chi connectivity index (χ4v) is 1.89. The predicted molar refractivity (Wildman–Crippen MR) is 80.1 cm³/mol. The molecule has 19 heavy (non-hydrogen) atoms. The summed E-state index contributed by atoms with van der Waals surface area (Å²) in [5, 5.41) is 3.00. The normalized spacial score (nSPS) is 12.9. The van der Waals surface area contributed by atoms with Gasteiger partial charge in [0.25, 0.3) is 0 Å². The van der Waals surface area contributed by atoms with Gasteiger partial charge in [-0.3, -0.25) is 4.79 Å². The standard InChI is InChI=1S/C15H25N3O/c1-11(14(19)17-15(2,3)4)18(5)13-9-7-6-8-12(13)10-16/h6-9,11H,10,16H2,1-5H3,(H,17,19). The third kappa shape index (κ3) is 4.24. The molecule has 0 aliphatic rings. The lowest BCUT2D eigenvalue weighted by atomic mass is 10.1. The predicted octanol–water partition coefficient (Wildman–Crippen LogP) is 1.88. The Hall–Kier alpha value is -1.55. The van der Waals surface area contributed by atoms with E-state index in [9.17, 15) is 4.79 Å². The van der Waals surface area contributed by atoms with Gasteiger partial charge in [0.15, 0.2) is 0 Å². The van der Waals surface area contributed by atoms with Crippen LogP contribution in [0, 0.1) is 0 Å². The summed E-state index contributed by atoms with van der Waals surface area (Å²) in [6.45, 7) is 8.30. The second-order valence-electron chi connectivity index (χ2n) is 5.86. The highest BCUT2D eigenvalue weighted by molar-refractivity contribution is 5.85. The van der Waals surface area contributed by atoms with E-state index in [0.717, 1.165) is 11.3 Å². The van der Waals surface area contributed by atoms with Gasteiger partial charge in [0.2, 0.25) is 5.91 Å². The molecule has 4 heteroatoms. The van der Waals surface area contributed by atoms with Crippen molar-refractivity contribution in [1.82, 2.24) is 5.32 Å². The van der Waals surface area contributed by atoms with Gasteiger partial charge >= 0.3 is 0 Å². The second-order valence-corrected chi connectivity index (χ2v) is 5.86. The summed E-state index contributed by atoms with van der Waals surface area (Å²) in [5.41, 5.74) is 7.56. The van der Waals surface area contributed by atoms with Crippen LogP contribution < -0.4 is 16.0 Å². The van der Waals surface area contributed by atoms with E-state index >= 15 is 0 Å². The third-order valence-corrected chi connectivity index (χ3v) is 3.05. The maximum absolute atomic E-state index is 12.2. The summed E-state index contributed by atoms with van der Waals surface area (Å²) in [6.07, 6.45) is 0. The summed E-state index contributed by atoms with van der Waals surface area (Å²) in [7, 11) is 1.92. The first-order valence-electron chi connectivity index (χ1n) is 6.59. The monoisotopic (exact) mass is 263 g/mol. The van der Waals surface area contributed by atoms with Gasteiger partial charge in [0.05, 0.1) is 0 Å². The van der Waals surface area contributed by atoms with Crippen molar-refractivity contribution in [3.8, 4) is 0 Å². The summed E-state index contributed by atoms with van der Waals surface area (Å²) in [4.78, 5) is 14.2. The minimum absolute atomic E-state index is 0.0156. The number of likely N-dealkylation sites (N-methyl/N-ethyl adjacent to an activating group) is 1. The zero-order valence-corrected chi connectivity index (χ0v) is 12.5. The van der Waals surface area contributed by atoms with Crippen LogP contribution in [0.1, 0.15) is 33.3 Å². The molecule has 1 aromatic rings. The fourth-order valence-electron chi connectivity index (χ4n) is 1.89. The molecular formula is C15H25N3O. The maximum atomic E-state index is 12.2. The molecule has 3 N–H and O–H groups in total. The number of amides is 1. The molecule has 1 aromatic carbocycles. The van der Waals surface area contributed by atoms with Crippen molar-refractivity contribution in [2.45, 2.75) is 45.8 Å². The Balaban J connectivity index is 2.87. The lowest BCUT2D eigenvalue weighted by Gasteiger charge is -2.31. The van der Waals surface area contributed by atoms with Gasteiger partial charge in [-0.05, 0) is 39.3 Å². The zero-order chi connectivity index (χ0) is 14.6. The number of carbonyl (C=O) groups is 1. The molecule has 0 aliphatic carbocycles. The summed E-state index contributed by atoms with van der Waals surface area (Å²) in [6, 6.07) is 7.65. The molecule has 1 rings (SSSR count). The van der Waals surface area contributed by atoms with Gasteiger partial charge in [-0.25, -0.2) is 0 Å². The quantitative estimate of drug-likeness (QED) is 0.872. The fraction of sp³-hybridized carbons (Fsp3) is 0.533. The highest BCUT2D eigenvalue weighted by Gasteiger charge is 2.23. The first-order chi connectivity index (χ1) is 8.76. The largest absolute Gasteiger partial charge is 0.363 e. The summed E-state index contributed by atoms with van der Waals surface area (Å²) < 4.78 is 0. The number of anilines is 1. The van der Waals surface area contributed by atoms with Crippen LogP contribution in [0.25, 0.3) is 0 Å². The molecule has 0 saturated heterocycles. The highest BCUT2D eigenvalue weighted by atomic mass is 16.2. The number of nitrogens with one attached hydrogen (secondary N) is 1. The molecule has 1 atom stereocenters. The number of hydrogen-bond donors (Lipinski definition) is 2. The molecule has 1 unspecified atom stereocenters. The molecule has 1 amide bonds. The van der Waals surface area contributed by atoms with Gasteiger partial charge in [-0.2, -0.15) is 0 Å². The Labute approximate surface area is 116 Å². The van der Waals surface area contributed by atoms with E-state index in [-0.39, 0.29) is 17.5 Å². The molecule has 0 aromatic heterocycles. The number of nitrogens with zero attached hydrogens (tertiary/aromatic N) is 1. The van der Waals surface area contributed by atoms with Gasteiger partial charge in [0, 0.05) is 24.8 Å². The Morgan fingerprint density at radius 1 is 1.37 bits per heavy atom. The first kappa shape index (κ1) is 15.5. The minimum Gasteiger partial charge on any atom is -0.363 e. The Kier molecular flexibility index (Phi) is 4.95. The van der Waals surface area contributed by atoms with Crippen LogP contribution in [0.5, 0.6) is 0 Å². The van der Waals surface area contributed by atoms with Crippen LogP contribution in [0.4, 0.5) is 5.69 Å². The van der Waals surface area contributed by atoms with E-state index in [4.69, 9.17) is 5.73 Å². The van der Waals surface area contributed by atoms with Crippen molar-refractivity contribution < 1.29 is 4.79 Å². The van der Waals surface area contributed by atoms with Crippen molar-refractivity contribution in [3.63, 3.8) is 0 Å². The Morgan fingerprint density at radius 3 is 2.47 bits per heavy atom. The average molecular weight is 263 g/mol. The third-order valence-electron chi connectivity index (χ3n) is 3.05. The van der Waals surface area contributed by atoms with Crippen LogP contribution in [0.3, 0.4) is 0 Å². The van der Waals surface area contributed by atoms with Crippen molar-refractivity contribution in [2.75, 3.05) is 11.9 Å². The summed E-state index contributed by atoms with van der Waals surface area (Å²) >= 11 is 0. The molecule has 106 valence electrons. The van der Waals surface area contributed by atoms with Crippen LogP contribution in [0.15, 0.2) is 24.3 Å². The van der Waals surface area contributed by atoms with Gasteiger partial charge < -0.3 is 16.0 Å². The number of nitrogens with two attached hydrogens (primary N) is 1. The van der Waals surface area contributed by atoms with E-state index in [2.05, 4.69) is 5.32 Å². The lowest BCUT2D eigenvalue weighted by molar-refractivity contribution is -0.123. The van der Waals surface area contributed by atoms with E-state index in [1.54, 1.807) is 0 Å². The molecular weight excluding hydrogens is 238 g/mol. The number of rotatable bonds is 4. The second kappa shape index (κ2) is 6.06.